The monoisotopic (exact) mass is 249 g/mol. The predicted molar refractivity (Wildman–Crippen MR) is 71.8 cm³/mol. The van der Waals surface area contributed by atoms with Crippen molar-refractivity contribution in [1.82, 2.24) is 5.32 Å². The number of ether oxygens (including phenoxy) is 1. The van der Waals surface area contributed by atoms with Crippen LogP contribution in [0.2, 0.25) is 0 Å². The Morgan fingerprint density at radius 1 is 1.39 bits per heavy atom. The molecule has 0 aliphatic heterocycles. The van der Waals surface area contributed by atoms with Crippen molar-refractivity contribution in [2.75, 3.05) is 18.2 Å². The van der Waals surface area contributed by atoms with Gasteiger partial charge >= 0.3 is 6.03 Å². The van der Waals surface area contributed by atoms with Crippen LogP contribution >= 0.6 is 0 Å². The van der Waals surface area contributed by atoms with Gasteiger partial charge in [-0.25, -0.2) is 4.79 Å². The number of anilines is 2. The van der Waals surface area contributed by atoms with Gasteiger partial charge in [0.15, 0.2) is 0 Å². The number of rotatable bonds is 3. The van der Waals surface area contributed by atoms with Crippen LogP contribution in [0.1, 0.15) is 25.7 Å². The summed E-state index contributed by atoms with van der Waals surface area (Å²) < 4.78 is 5.10. The van der Waals surface area contributed by atoms with Crippen molar-refractivity contribution in [3.8, 4) is 5.75 Å². The lowest BCUT2D eigenvalue weighted by Gasteiger charge is -2.13. The van der Waals surface area contributed by atoms with Crippen LogP contribution in [0, 0.1) is 0 Å². The minimum absolute atomic E-state index is 0.172. The Hall–Kier alpha value is -1.91. The van der Waals surface area contributed by atoms with Crippen molar-refractivity contribution < 1.29 is 9.53 Å². The highest BCUT2D eigenvalue weighted by molar-refractivity contribution is 5.90. The molecule has 0 radical (unpaired) electrons. The van der Waals surface area contributed by atoms with Crippen molar-refractivity contribution in [3.63, 3.8) is 0 Å². The van der Waals surface area contributed by atoms with E-state index in [9.17, 15) is 4.79 Å². The molecule has 0 atom stereocenters. The van der Waals surface area contributed by atoms with E-state index >= 15 is 0 Å². The molecular formula is C13H19N3O2. The molecule has 98 valence electrons. The number of nitrogens with one attached hydrogen (secondary N) is 2. The highest BCUT2D eigenvalue weighted by atomic mass is 16.5. The Balaban J connectivity index is 1.93. The number of nitrogen functional groups attached to an aromatic ring is 1. The summed E-state index contributed by atoms with van der Waals surface area (Å²) in [4.78, 5) is 11.8. The van der Waals surface area contributed by atoms with Crippen molar-refractivity contribution >= 4 is 17.4 Å². The molecule has 18 heavy (non-hydrogen) atoms. The smallest absolute Gasteiger partial charge is 0.319 e. The zero-order valence-corrected chi connectivity index (χ0v) is 10.5. The zero-order valence-electron chi connectivity index (χ0n) is 10.5. The molecule has 1 aromatic rings. The van der Waals surface area contributed by atoms with Crippen LogP contribution in [0.5, 0.6) is 5.75 Å². The van der Waals surface area contributed by atoms with Gasteiger partial charge in [-0.15, -0.1) is 0 Å². The molecular weight excluding hydrogens is 230 g/mol. The zero-order chi connectivity index (χ0) is 13.0. The Kier molecular flexibility index (Phi) is 3.92. The van der Waals surface area contributed by atoms with Gasteiger partial charge in [-0.2, -0.15) is 0 Å². The number of benzene rings is 1. The van der Waals surface area contributed by atoms with Crippen LogP contribution in [-0.2, 0) is 0 Å². The van der Waals surface area contributed by atoms with E-state index in [2.05, 4.69) is 10.6 Å². The lowest BCUT2D eigenvalue weighted by atomic mass is 10.2. The molecule has 0 unspecified atom stereocenters. The third kappa shape index (κ3) is 3.06. The maximum Gasteiger partial charge on any atom is 0.319 e. The van der Waals surface area contributed by atoms with E-state index in [-0.39, 0.29) is 6.03 Å². The standard InChI is InChI=1S/C13H19N3O2/c1-18-12-8-10(6-7-11(12)14)16-13(17)15-9-4-2-3-5-9/h6-9H,2-5,14H2,1H3,(H2,15,16,17). The topological polar surface area (TPSA) is 76.4 Å². The van der Waals surface area contributed by atoms with E-state index in [4.69, 9.17) is 10.5 Å². The Morgan fingerprint density at radius 2 is 2.11 bits per heavy atom. The molecule has 1 aliphatic rings. The van der Waals surface area contributed by atoms with E-state index in [0.717, 1.165) is 12.8 Å². The summed E-state index contributed by atoms with van der Waals surface area (Å²) in [7, 11) is 1.55. The highest BCUT2D eigenvalue weighted by Gasteiger charge is 2.17. The first-order valence-corrected chi connectivity index (χ1v) is 6.20. The summed E-state index contributed by atoms with van der Waals surface area (Å²) in [5.74, 6) is 0.564. The second-order valence-corrected chi connectivity index (χ2v) is 4.54. The molecule has 0 aromatic heterocycles. The summed E-state index contributed by atoms with van der Waals surface area (Å²) in [6.07, 6.45) is 4.53. The summed E-state index contributed by atoms with van der Waals surface area (Å²) in [5, 5.41) is 5.74. The Morgan fingerprint density at radius 3 is 2.78 bits per heavy atom. The van der Waals surface area contributed by atoms with Gasteiger partial charge in [0.1, 0.15) is 5.75 Å². The molecule has 5 nitrogen and oxygen atoms in total. The number of hydrogen-bond acceptors (Lipinski definition) is 3. The number of urea groups is 1. The van der Waals surface area contributed by atoms with Gasteiger partial charge in [0.05, 0.1) is 12.8 Å². The molecule has 1 aromatic carbocycles. The summed E-state index contributed by atoms with van der Waals surface area (Å²) >= 11 is 0. The molecule has 1 saturated carbocycles. The number of carbonyl (C=O) groups excluding carboxylic acids is 1. The van der Waals surface area contributed by atoms with Gasteiger partial charge < -0.3 is 21.1 Å². The summed E-state index contributed by atoms with van der Waals surface area (Å²) in [5.41, 5.74) is 6.94. The normalized spacial score (nSPS) is 15.4. The number of nitrogens with two attached hydrogens (primary N) is 1. The molecule has 0 bridgehead atoms. The van der Waals surface area contributed by atoms with Gasteiger partial charge in [-0.05, 0) is 25.0 Å². The van der Waals surface area contributed by atoms with E-state index < -0.39 is 0 Å². The Bertz CT molecular complexity index is 428. The quantitative estimate of drug-likeness (QED) is 0.720. The maximum absolute atomic E-state index is 11.8. The lowest BCUT2D eigenvalue weighted by Crippen LogP contribution is -2.36. The van der Waals surface area contributed by atoms with Crippen molar-refractivity contribution in [1.29, 1.82) is 0 Å². The highest BCUT2D eigenvalue weighted by Crippen LogP contribution is 2.25. The first kappa shape index (κ1) is 12.5. The molecule has 0 heterocycles. The minimum atomic E-state index is -0.172. The fraction of sp³-hybridized carbons (Fsp3) is 0.462. The van der Waals surface area contributed by atoms with Crippen LogP contribution in [0.4, 0.5) is 16.2 Å². The third-order valence-electron chi connectivity index (χ3n) is 3.18. The van der Waals surface area contributed by atoms with E-state index in [1.54, 1.807) is 25.3 Å². The third-order valence-corrected chi connectivity index (χ3v) is 3.18. The van der Waals surface area contributed by atoms with Crippen LogP contribution < -0.4 is 21.1 Å². The van der Waals surface area contributed by atoms with Crippen LogP contribution in [0.25, 0.3) is 0 Å². The minimum Gasteiger partial charge on any atom is -0.495 e. The van der Waals surface area contributed by atoms with Crippen molar-refractivity contribution in [2.24, 2.45) is 0 Å². The van der Waals surface area contributed by atoms with Gasteiger partial charge in [-0.3, -0.25) is 0 Å². The SMILES string of the molecule is COc1cc(NC(=O)NC2CCCC2)ccc1N. The number of hydrogen-bond donors (Lipinski definition) is 3. The number of carbonyl (C=O) groups is 1. The lowest BCUT2D eigenvalue weighted by molar-refractivity contribution is 0.248. The van der Waals surface area contributed by atoms with Crippen molar-refractivity contribution in [3.05, 3.63) is 18.2 Å². The maximum atomic E-state index is 11.8. The number of methoxy groups -OCH3 is 1. The fourth-order valence-electron chi connectivity index (χ4n) is 2.21. The molecule has 1 aliphatic carbocycles. The average Bonchev–Trinajstić information content (AvgIpc) is 2.84. The molecule has 2 rings (SSSR count). The van der Waals surface area contributed by atoms with Gasteiger partial charge in [0, 0.05) is 17.8 Å². The molecule has 4 N–H and O–H groups in total. The second-order valence-electron chi connectivity index (χ2n) is 4.54. The fourth-order valence-corrected chi connectivity index (χ4v) is 2.21. The van der Waals surface area contributed by atoms with Crippen LogP contribution in [0.3, 0.4) is 0 Å². The second kappa shape index (κ2) is 5.62. The molecule has 0 spiro atoms. The average molecular weight is 249 g/mol. The van der Waals surface area contributed by atoms with Crippen molar-refractivity contribution in [2.45, 2.75) is 31.7 Å². The van der Waals surface area contributed by atoms with Crippen LogP contribution in [0.15, 0.2) is 18.2 Å². The molecule has 5 heteroatoms. The van der Waals surface area contributed by atoms with E-state index in [1.165, 1.54) is 12.8 Å². The summed E-state index contributed by atoms with van der Waals surface area (Å²) in [6, 6.07) is 5.31. The van der Waals surface area contributed by atoms with E-state index in [0.29, 0.717) is 23.2 Å². The first-order chi connectivity index (χ1) is 8.69. The number of amides is 2. The van der Waals surface area contributed by atoms with Gasteiger partial charge in [0.2, 0.25) is 0 Å². The van der Waals surface area contributed by atoms with E-state index in [1.807, 2.05) is 0 Å². The molecule has 2 amide bonds. The predicted octanol–water partition coefficient (Wildman–Crippen LogP) is 2.34. The molecule has 0 saturated heterocycles. The Labute approximate surface area is 107 Å². The largest absolute Gasteiger partial charge is 0.495 e. The summed E-state index contributed by atoms with van der Waals surface area (Å²) in [6.45, 7) is 0. The van der Waals surface area contributed by atoms with Gasteiger partial charge in [-0.1, -0.05) is 12.8 Å². The van der Waals surface area contributed by atoms with Gasteiger partial charge in [0.25, 0.3) is 0 Å². The molecule has 1 fully saturated rings. The van der Waals surface area contributed by atoms with Crippen LogP contribution in [-0.4, -0.2) is 19.2 Å². The first-order valence-electron chi connectivity index (χ1n) is 6.20.